The number of morpholine rings is 1. The van der Waals surface area contributed by atoms with Gasteiger partial charge in [0.1, 0.15) is 23.0 Å². The number of likely N-dealkylation sites (tertiary alicyclic amines) is 2. The van der Waals surface area contributed by atoms with Crippen molar-refractivity contribution in [1.29, 1.82) is 0 Å². The SMILES string of the molecule is CN(CCCOc1ccc(Nc2ncc3nnn(-c4ccc5c(c4)CCC5)c3n2)cc1)Cc1ccccc1.OC1CCN(CCCOc2ccc(Nc3ncc4nnn(-c5ccc6c(c5)CCC6)c4n3)cc2)C1.c1cc(OCCCN2CCCC2)ccc1Nc1ncc2nnn(-c3ccc4c(c3)CCC4)c2n1.c1cc(OCCCN2CCOCC2)ccc1Nc1ncc2nnn(-c3ccc4c(c3)CCC4)c2n1. The summed E-state index contributed by atoms with van der Waals surface area (Å²) >= 11 is 0. The third-order valence-corrected chi connectivity index (χ3v) is 27.0. The molecule has 3 fully saturated rings. The Labute approximate surface area is 823 Å². The molecule has 34 heteroatoms. The van der Waals surface area contributed by atoms with Gasteiger partial charge < -0.3 is 64.8 Å². The smallest absolute Gasteiger partial charge is 0.229 e. The molecule has 34 nitrogen and oxygen atoms in total. The summed E-state index contributed by atoms with van der Waals surface area (Å²) in [6.07, 6.45) is 28.1. The van der Waals surface area contributed by atoms with Crippen molar-refractivity contribution < 1.29 is 28.8 Å². The van der Waals surface area contributed by atoms with Crippen LogP contribution in [0.25, 0.3) is 67.4 Å². The van der Waals surface area contributed by atoms with Crippen molar-refractivity contribution in [2.45, 2.75) is 135 Å². The number of rotatable bonds is 34. The van der Waals surface area contributed by atoms with Crippen molar-refractivity contribution in [2.24, 2.45) is 0 Å². The summed E-state index contributed by atoms with van der Waals surface area (Å²) in [6.45, 7) is 15.7. The summed E-state index contributed by atoms with van der Waals surface area (Å²) in [6, 6.07) is 67.9. The minimum absolute atomic E-state index is 0.170. The molecule has 0 bridgehead atoms. The number of aliphatic hydroxyl groups is 1. The van der Waals surface area contributed by atoms with Gasteiger partial charge in [-0.25, -0.2) is 19.9 Å². The number of aryl methyl sites for hydroxylation is 8. The van der Waals surface area contributed by atoms with Gasteiger partial charge in [-0.2, -0.15) is 38.7 Å². The first kappa shape index (κ1) is 93.4. The van der Waals surface area contributed by atoms with Crippen molar-refractivity contribution in [3.63, 3.8) is 0 Å². The zero-order valence-electron chi connectivity index (χ0n) is 80.1. The minimum Gasteiger partial charge on any atom is -0.494 e. The number of benzene rings is 9. The molecular formula is C108H118N28O6. The minimum atomic E-state index is -0.170. The Hall–Kier alpha value is -14.9. The molecule has 0 radical (unpaired) electrons. The summed E-state index contributed by atoms with van der Waals surface area (Å²) in [5.41, 5.74) is 25.4. The van der Waals surface area contributed by atoms with Crippen LogP contribution in [-0.2, 0) is 62.6 Å². The van der Waals surface area contributed by atoms with Gasteiger partial charge in [-0.1, -0.05) is 75.5 Å². The number of hydrogen-bond donors (Lipinski definition) is 5. The van der Waals surface area contributed by atoms with Gasteiger partial charge in [0.2, 0.25) is 23.8 Å². The van der Waals surface area contributed by atoms with E-state index in [2.05, 4.69) is 211 Å². The lowest BCUT2D eigenvalue weighted by molar-refractivity contribution is 0.0358. The number of ether oxygens (including phenoxy) is 5. The molecular weight excluding hydrogens is 1790 g/mol. The van der Waals surface area contributed by atoms with E-state index in [1.165, 1.54) is 102 Å². The van der Waals surface area contributed by atoms with Crippen molar-refractivity contribution in [3.05, 3.63) is 275 Å². The van der Waals surface area contributed by atoms with Gasteiger partial charge in [0, 0.05) is 81.7 Å². The fourth-order valence-electron chi connectivity index (χ4n) is 19.4. The fraction of sp³-hybridized carbons (Fsp3) is 0.352. The average Bonchev–Trinajstić information content (AvgIpc) is 1.65. The van der Waals surface area contributed by atoms with E-state index in [-0.39, 0.29) is 6.10 Å². The van der Waals surface area contributed by atoms with Crippen LogP contribution in [0, 0.1) is 0 Å². The van der Waals surface area contributed by atoms with Crippen molar-refractivity contribution in [3.8, 4) is 45.7 Å². The summed E-state index contributed by atoms with van der Waals surface area (Å²) in [5, 5.41) is 57.0. The summed E-state index contributed by atoms with van der Waals surface area (Å²) in [5.74, 6) is 5.40. The predicted molar refractivity (Wildman–Crippen MR) is 548 cm³/mol. The van der Waals surface area contributed by atoms with E-state index in [0.29, 0.717) is 88.3 Å². The molecule has 9 aromatic carbocycles. The van der Waals surface area contributed by atoms with Gasteiger partial charge in [-0.3, -0.25) is 4.90 Å². The van der Waals surface area contributed by atoms with E-state index in [1.54, 1.807) is 43.5 Å². The Morgan fingerprint density at radius 2 is 0.662 bits per heavy atom. The van der Waals surface area contributed by atoms with Crippen LogP contribution in [0.4, 0.5) is 46.5 Å². The summed E-state index contributed by atoms with van der Waals surface area (Å²) in [7, 11) is 2.14. The van der Waals surface area contributed by atoms with Crippen molar-refractivity contribution in [1.82, 2.24) is 119 Å². The zero-order valence-corrected chi connectivity index (χ0v) is 80.1. The quantitative estimate of drug-likeness (QED) is 0.0234. The number of anilines is 8. The van der Waals surface area contributed by atoms with Crippen LogP contribution in [0.5, 0.6) is 23.0 Å². The maximum Gasteiger partial charge on any atom is 0.229 e. The molecule has 4 aliphatic carbocycles. The summed E-state index contributed by atoms with van der Waals surface area (Å²) < 4.78 is 36.2. The number of β-amino-alcohol motifs (C(OH)–C–C–N with tert-alkyl or cyclic N) is 1. The lowest BCUT2D eigenvalue weighted by Crippen LogP contribution is -2.37. The normalized spacial score (nSPS) is 15.4. The number of aliphatic hydroxyl groups excluding tert-OH is 1. The van der Waals surface area contributed by atoms with Gasteiger partial charge in [-0.15, -0.1) is 20.4 Å². The molecule has 24 rings (SSSR count). The number of aromatic nitrogens is 20. The molecule has 142 heavy (non-hydrogen) atoms. The second-order valence-electron chi connectivity index (χ2n) is 37.2. The Morgan fingerprint density at radius 3 is 0.993 bits per heavy atom. The largest absolute Gasteiger partial charge is 0.494 e. The third kappa shape index (κ3) is 23.7. The molecule has 7 aliphatic rings. The monoisotopic (exact) mass is 1900 g/mol. The molecule has 0 spiro atoms. The predicted octanol–water partition coefficient (Wildman–Crippen LogP) is 16.5. The van der Waals surface area contributed by atoms with Crippen LogP contribution in [0.15, 0.2) is 225 Å². The lowest BCUT2D eigenvalue weighted by atomic mass is 10.1. The van der Waals surface area contributed by atoms with Crippen molar-refractivity contribution >= 4 is 91.2 Å². The summed E-state index contributed by atoms with van der Waals surface area (Å²) in [4.78, 5) is 46.0. The van der Waals surface area contributed by atoms with Gasteiger partial charge in [0.15, 0.2) is 44.7 Å². The Kier molecular flexibility index (Phi) is 29.7. The molecule has 1 atom stereocenters. The van der Waals surface area contributed by atoms with E-state index in [0.717, 1.165) is 231 Å². The average molecular weight is 1900 g/mol. The highest BCUT2D eigenvalue weighted by atomic mass is 16.5. The highest BCUT2D eigenvalue weighted by Crippen LogP contribution is 2.34. The van der Waals surface area contributed by atoms with Gasteiger partial charge in [-0.05, 0) is 338 Å². The maximum absolute atomic E-state index is 9.61. The van der Waals surface area contributed by atoms with E-state index >= 15 is 0 Å². The van der Waals surface area contributed by atoms with Crippen LogP contribution in [0.1, 0.15) is 121 Å². The van der Waals surface area contributed by atoms with Crippen molar-refractivity contribution in [2.75, 3.05) is 133 Å². The second kappa shape index (κ2) is 45.1. The number of fused-ring (bicyclic) bond motifs is 8. The highest BCUT2D eigenvalue weighted by Gasteiger charge is 2.25. The standard InChI is InChI=1S/C30H31N7O.2C26H29N7O2.C26H29N7O/c1-36(21-22-7-3-2-4-8-22)17-6-18-38-27-15-12-25(13-16-27)32-30-31-20-28-29(33-30)37(35-34-28)26-14-11-23-9-5-10-24(23)19-26;34-22-11-13-32(17-22)12-2-14-35-23-9-6-20(7-10-23)28-26-27-16-24-25(29-26)33(31-30-24)21-8-5-18-3-1-4-19(18)15-21;1-3-19-5-8-22(17-20(19)4-1)33-25-24(30-31-33)18-27-26(29-25)28-21-6-9-23(10-7-21)35-14-2-11-32-12-15-34-16-13-32;1-2-14-32(13-1)15-4-16-34-23-11-8-21(9-12-23)28-26-27-18-24-25(29-26)33(31-30-24)22-10-7-19-5-3-6-20(19)17-22/h2-4,7-8,11-16,19-20H,5-6,9-10,17-18,21H2,1H3,(H,31,32,33);5-10,15-16,22,34H,1-4,11-14,17H2,(H,27,28,29);5-10,17-18H,1-4,11-16H2,(H,27,28,29);7-12,17-18H,1-6,13-16H2,(H,27,28,29). The van der Waals surface area contributed by atoms with E-state index in [1.807, 2.05) is 103 Å². The third-order valence-electron chi connectivity index (χ3n) is 27.0. The number of hydrogen-bond acceptors (Lipinski definition) is 30. The number of nitrogens with zero attached hydrogens (tertiary/aromatic N) is 24. The first-order valence-corrected chi connectivity index (χ1v) is 50.0. The fourth-order valence-corrected chi connectivity index (χ4v) is 19.4. The molecule has 8 aromatic heterocycles. The molecule has 17 aromatic rings. The maximum atomic E-state index is 9.61. The zero-order chi connectivity index (χ0) is 95.5. The molecule has 3 saturated heterocycles. The molecule has 0 amide bonds. The van der Waals surface area contributed by atoms with Crippen LogP contribution in [0.3, 0.4) is 0 Å². The molecule has 3 aliphatic heterocycles. The van der Waals surface area contributed by atoms with Crippen LogP contribution >= 0.6 is 0 Å². The van der Waals surface area contributed by atoms with Crippen LogP contribution in [0.2, 0.25) is 0 Å². The first-order valence-electron chi connectivity index (χ1n) is 50.0. The van der Waals surface area contributed by atoms with E-state index in [9.17, 15) is 5.11 Å². The highest BCUT2D eigenvalue weighted by molar-refractivity contribution is 5.77. The Morgan fingerprint density at radius 1 is 0.345 bits per heavy atom. The lowest BCUT2D eigenvalue weighted by Gasteiger charge is -2.26. The Balaban J connectivity index is 0.000000112. The molecule has 1 unspecified atom stereocenters. The molecule has 5 N–H and O–H groups in total. The number of nitrogens with one attached hydrogen (secondary N) is 4. The molecule has 11 heterocycles. The van der Waals surface area contributed by atoms with Gasteiger partial charge in [0.05, 0.1) is 93.3 Å². The first-order chi connectivity index (χ1) is 70.0. The Bertz CT molecular complexity index is 6910. The van der Waals surface area contributed by atoms with Gasteiger partial charge >= 0.3 is 0 Å². The van der Waals surface area contributed by atoms with Gasteiger partial charge in [0.25, 0.3) is 0 Å². The second-order valence-corrected chi connectivity index (χ2v) is 37.2. The van der Waals surface area contributed by atoms with Crippen LogP contribution < -0.4 is 40.2 Å². The topological polar surface area (TPSA) is 353 Å². The van der Waals surface area contributed by atoms with E-state index in [4.69, 9.17) is 38.6 Å². The van der Waals surface area contributed by atoms with E-state index < -0.39 is 0 Å². The molecule has 0 saturated carbocycles. The molecule has 726 valence electrons. The van der Waals surface area contributed by atoms with Crippen LogP contribution in [-0.4, -0.2) is 243 Å².